The highest BCUT2D eigenvalue weighted by Gasteiger charge is 2.07. The summed E-state index contributed by atoms with van der Waals surface area (Å²) < 4.78 is 0. The number of aryl methyl sites for hydroxylation is 1. The quantitative estimate of drug-likeness (QED) is 0.779. The van der Waals surface area contributed by atoms with E-state index in [4.69, 9.17) is 5.73 Å². The largest absolute Gasteiger partial charge is 0.327 e. The van der Waals surface area contributed by atoms with Crippen LogP contribution in [-0.4, -0.2) is 16.0 Å². The minimum Gasteiger partial charge on any atom is -0.327 e. The zero-order chi connectivity index (χ0) is 14.5. The Balaban J connectivity index is 1.62. The minimum atomic E-state index is 0.112. The Morgan fingerprint density at radius 2 is 1.76 bits per heavy atom. The van der Waals surface area contributed by atoms with E-state index in [1.807, 2.05) is 42.6 Å². The molecule has 3 aromatic rings. The van der Waals surface area contributed by atoms with Gasteiger partial charge in [-0.3, -0.25) is 9.97 Å². The highest BCUT2D eigenvalue weighted by molar-refractivity contribution is 5.78. The van der Waals surface area contributed by atoms with Gasteiger partial charge in [-0.05, 0) is 37.1 Å². The van der Waals surface area contributed by atoms with Gasteiger partial charge in [-0.25, -0.2) is 0 Å². The monoisotopic (exact) mass is 277 g/mol. The summed E-state index contributed by atoms with van der Waals surface area (Å²) in [6.45, 7) is 0. The van der Waals surface area contributed by atoms with Gasteiger partial charge in [-0.2, -0.15) is 0 Å². The van der Waals surface area contributed by atoms with Crippen LogP contribution in [0.15, 0.2) is 60.8 Å². The zero-order valence-corrected chi connectivity index (χ0v) is 11.9. The van der Waals surface area contributed by atoms with Crippen molar-refractivity contribution in [3.63, 3.8) is 0 Å². The first kappa shape index (κ1) is 13.7. The SMILES string of the molecule is NC(CCc1ccccn1)Cc1ccc2ccccc2n1. The molecular weight excluding hydrogens is 258 g/mol. The van der Waals surface area contributed by atoms with E-state index in [1.54, 1.807) is 0 Å². The molecule has 2 heterocycles. The van der Waals surface area contributed by atoms with Crippen molar-refractivity contribution < 1.29 is 0 Å². The number of benzene rings is 1. The molecule has 0 amide bonds. The van der Waals surface area contributed by atoms with E-state index >= 15 is 0 Å². The molecule has 0 radical (unpaired) electrons. The molecule has 2 aromatic heterocycles. The highest BCUT2D eigenvalue weighted by Crippen LogP contribution is 2.13. The van der Waals surface area contributed by atoms with Gasteiger partial charge < -0.3 is 5.73 Å². The van der Waals surface area contributed by atoms with Crippen LogP contribution in [0.5, 0.6) is 0 Å². The molecule has 0 spiro atoms. The molecule has 0 fully saturated rings. The molecule has 0 aliphatic carbocycles. The Morgan fingerprint density at radius 1 is 0.905 bits per heavy atom. The van der Waals surface area contributed by atoms with E-state index in [9.17, 15) is 0 Å². The lowest BCUT2D eigenvalue weighted by Gasteiger charge is -2.11. The summed E-state index contributed by atoms with van der Waals surface area (Å²) in [6.07, 6.45) is 4.46. The molecule has 3 nitrogen and oxygen atoms in total. The summed E-state index contributed by atoms with van der Waals surface area (Å²) in [5.74, 6) is 0. The molecule has 3 heteroatoms. The second-order valence-electron chi connectivity index (χ2n) is 5.32. The molecule has 2 N–H and O–H groups in total. The van der Waals surface area contributed by atoms with Crippen molar-refractivity contribution in [3.8, 4) is 0 Å². The van der Waals surface area contributed by atoms with Gasteiger partial charge in [0.15, 0.2) is 0 Å². The van der Waals surface area contributed by atoms with Crippen molar-refractivity contribution in [2.24, 2.45) is 5.73 Å². The van der Waals surface area contributed by atoms with Gasteiger partial charge in [0.25, 0.3) is 0 Å². The maximum atomic E-state index is 6.23. The fourth-order valence-corrected chi connectivity index (χ4v) is 2.47. The third kappa shape index (κ3) is 3.64. The van der Waals surface area contributed by atoms with Crippen LogP contribution in [0.3, 0.4) is 0 Å². The van der Waals surface area contributed by atoms with E-state index in [1.165, 1.54) is 5.39 Å². The van der Waals surface area contributed by atoms with Crippen molar-refractivity contribution in [2.75, 3.05) is 0 Å². The molecule has 0 saturated carbocycles. The summed E-state index contributed by atoms with van der Waals surface area (Å²) in [5.41, 5.74) is 9.42. The first-order valence-corrected chi connectivity index (χ1v) is 7.31. The number of nitrogens with zero attached hydrogens (tertiary/aromatic N) is 2. The van der Waals surface area contributed by atoms with Crippen LogP contribution in [-0.2, 0) is 12.8 Å². The van der Waals surface area contributed by atoms with Gasteiger partial charge in [0.05, 0.1) is 5.52 Å². The minimum absolute atomic E-state index is 0.112. The number of hydrogen-bond acceptors (Lipinski definition) is 3. The molecule has 21 heavy (non-hydrogen) atoms. The van der Waals surface area contributed by atoms with Crippen molar-refractivity contribution in [1.82, 2.24) is 9.97 Å². The van der Waals surface area contributed by atoms with Gasteiger partial charge in [-0.15, -0.1) is 0 Å². The van der Waals surface area contributed by atoms with Crippen molar-refractivity contribution in [2.45, 2.75) is 25.3 Å². The third-order valence-corrected chi connectivity index (χ3v) is 3.62. The maximum absolute atomic E-state index is 6.23. The summed E-state index contributed by atoms with van der Waals surface area (Å²) >= 11 is 0. The van der Waals surface area contributed by atoms with Crippen LogP contribution < -0.4 is 5.73 Å². The number of para-hydroxylation sites is 1. The van der Waals surface area contributed by atoms with Crippen LogP contribution in [0.1, 0.15) is 17.8 Å². The van der Waals surface area contributed by atoms with Crippen LogP contribution in [0.25, 0.3) is 10.9 Å². The molecule has 0 aliphatic rings. The first-order valence-electron chi connectivity index (χ1n) is 7.31. The lowest BCUT2D eigenvalue weighted by atomic mass is 10.0. The molecular formula is C18H19N3. The second-order valence-corrected chi connectivity index (χ2v) is 5.32. The lowest BCUT2D eigenvalue weighted by Crippen LogP contribution is -2.24. The first-order chi connectivity index (χ1) is 10.3. The topological polar surface area (TPSA) is 51.8 Å². The van der Waals surface area contributed by atoms with Gasteiger partial charge in [0, 0.05) is 35.4 Å². The van der Waals surface area contributed by atoms with Crippen LogP contribution in [0, 0.1) is 0 Å². The van der Waals surface area contributed by atoms with E-state index in [0.29, 0.717) is 0 Å². The predicted octanol–water partition coefficient (Wildman–Crippen LogP) is 3.13. The smallest absolute Gasteiger partial charge is 0.0705 e. The molecule has 0 aliphatic heterocycles. The number of fused-ring (bicyclic) bond motifs is 1. The van der Waals surface area contributed by atoms with E-state index < -0.39 is 0 Å². The molecule has 1 aromatic carbocycles. The average molecular weight is 277 g/mol. The highest BCUT2D eigenvalue weighted by atomic mass is 14.7. The fraction of sp³-hybridized carbons (Fsp3) is 0.222. The summed E-state index contributed by atoms with van der Waals surface area (Å²) in [5, 5.41) is 1.17. The fourth-order valence-electron chi connectivity index (χ4n) is 2.47. The van der Waals surface area contributed by atoms with Crippen molar-refractivity contribution in [3.05, 3.63) is 72.2 Å². The van der Waals surface area contributed by atoms with Crippen LogP contribution in [0.2, 0.25) is 0 Å². The second kappa shape index (κ2) is 6.46. The summed E-state index contributed by atoms with van der Waals surface area (Å²) in [7, 11) is 0. The van der Waals surface area contributed by atoms with Gasteiger partial charge in [0.1, 0.15) is 0 Å². The zero-order valence-electron chi connectivity index (χ0n) is 11.9. The van der Waals surface area contributed by atoms with E-state index in [0.717, 1.165) is 36.2 Å². The molecule has 0 saturated heterocycles. The maximum Gasteiger partial charge on any atom is 0.0705 e. The van der Waals surface area contributed by atoms with Gasteiger partial charge >= 0.3 is 0 Å². The Hall–Kier alpha value is -2.26. The van der Waals surface area contributed by atoms with Crippen molar-refractivity contribution in [1.29, 1.82) is 0 Å². The molecule has 1 unspecified atom stereocenters. The summed E-state index contributed by atoms with van der Waals surface area (Å²) in [6, 6.07) is 18.4. The number of hydrogen-bond donors (Lipinski definition) is 1. The Labute approximate surface area is 124 Å². The van der Waals surface area contributed by atoms with Crippen LogP contribution in [0.4, 0.5) is 0 Å². The average Bonchev–Trinajstić information content (AvgIpc) is 2.54. The third-order valence-electron chi connectivity index (χ3n) is 3.62. The van der Waals surface area contributed by atoms with E-state index in [2.05, 4.69) is 28.2 Å². The lowest BCUT2D eigenvalue weighted by molar-refractivity contribution is 0.599. The number of nitrogens with two attached hydrogens (primary N) is 1. The Kier molecular flexibility index (Phi) is 4.22. The standard InChI is InChI=1S/C18H19N3/c19-15(9-11-16-6-3-4-12-20-16)13-17-10-8-14-5-1-2-7-18(14)21-17/h1-8,10,12,15H,9,11,13,19H2. The number of aromatic nitrogens is 2. The molecule has 1 atom stereocenters. The number of rotatable bonds is 5. The van der Waals surface area contributed by atoms with Crippen molar-refractivity contribution >= 4 is 10.9 Å². The Bertz CT molecular complexity index is 710. The van der Waals surface area contributed by atoms with E-state index in [-0.39, 0.29) is 6.04 Å². The Morgan fingerprint density at radius 3 is 2.62 bits per heavy atom. The summed E-state index contributed by atoms with van der Waals surface area (Å²) in [4.78, 5) is 9.00. The number of pyridine rings is 2. The molecule has 3 rings (SSSR count). The van der Waals surface area contributed by atoms with Crippen LogP contribution >= 0.6 is 0 Å². The van der Waals surface area contributed by atoms with Gasteiger partial charge in [0.2, 0.25) is 0 Å². The molecule has 106 valence electrons. The molecule has 0 bridgehead atoms. The normalized spacial score (nSPS) is 12.4. The predicted molar refractivity (Wildman–Crippen MR) is 86.0 cm³/mol. The van der Waals surface area contributed by atoms with Gasteiger partial charge in [-0.1, -0.05) is 30.3 Å².